The van der Waals surface area contributed by atoms with E-state index in [1.165, 1.54) is 12.1 Å². The van der Waals surface area contributed by atoms with Crippen LogP contribution in [-0.4, -0.2) is 48.1 Å². The van der Waals surface area contributed by atoms with E-state index in [1.807, 2.05) is 26.2 Å². The van der Waals surface area contributed by atoms with Crippen LogP contribution in [0.3, 0.4) is 0 Å². The molecular weight excluding hydrogens is 331 g/mol. The van der Waals surface area contributed by atoms with Crippen LogP contribution >= 0.6 is 0 Å². The number of ether oxygens (including phenoxy) is 1. The second kappa shape index (κ2) is 8.26. The molecule has 1 aromatic heterocycles. The van der Waals surface area contributed by atoms with Crippen molar-refractivity contribution in [1.29, 1.82) is 5.26 Å². The number of halogens is 1. The molecule has 6 heteroatoms. The first kappa shape index (κ1) is 18.3. The maximum Gasteiger partial charge on any atom is 0.124 e. The number of nitrogens with zero attached hydrogens (tertiary/aromatic N) is 4. The Hall–Kier alpha value is -2.49. The van der Waals surface area contributed by atoms with E-state index in [4.69, 9.17) is 4.74 Å². The predicted octanol–water partition coefficient (Wildman–Crippen LogP) is 2.81. The number of nitriles is 1. The lowest BCUT2D eigenvalue weighted by Gasteiger charge is -2.18. The van der Waals surface area contributed by atoms with Crippen LogP contribution in [0.15, 0.2) is 36.5 Å². The summed E-state index contributed by atoms with van der Waals surface area (Å²) in [4.78, 5) is 8.66. The normalized spacial score (nSPS) is 17.4. The Balaban J connectivity index is 1.59. The fraction of sp³-hybridized carbons (Fsp3) is 0.400. The van der Waals surface area contributed by atoms with Crippen molar-refractivity contribution < 1.29 is 9.13 Å². The zero-order valence-corrected chi connectivity index (χ0v) is 15.2. The molecule has 0 N–H and O–H groups in total. The molecule has 0 spiro atoms. The molecular formula is C20H23FN4O. The van der Waals surface area contributed by atoms with Crippen LogP contribution in [0.5, 0.6) is 5.75 Å². The van der Waals surface area contributed by atoms with Crippen LogP contribution < -0.4 is 4.74 Å². The third-order valence-corrected chi connectivity index (χ3v) is 4.38. The summed E-state index contributed by atoms with van der Waals surface area (Å²) in [6.45, 7) is 3.08. The molecule has 1 aliphatic heterocycles. The van der Waals surface area contributed by atoms with Crippen molar-refractivity contribution >= 4 is 0 Å². The number of rotatable bonds is 6. The van der Waals surface area contributed by atoms with E-state index >= 15 is 0 Å². The van der Waals surface area contributed by atoms with E-state index in [2.05, 4.69) is 20.9 Å². The van der Waals surface area contributed by atoms with Gasteiger partial charge in [-0.3, -0.25) is 9.88 Å². The average molecular weight is 354 g/mol. The molecule has 26 heavy (non-hydrogen) atoms. The van der Waals surface area contributed by atoms with E-state index in [1.54, 1.807) is 12.3 Å². The maximum absolute atomic E-state index is 13.3. The lowest BCUT2D eigenvalue weighted by atomic mass is 10.1. The number of pyridine rings is 1. The van der Waals surface area contributed by atoms with Crippen molar-refractivity contribution in [3.8, 4) is 11.8 Å². The van der Waals surface area contributed by atoms with Crippen molar-refractivity contribution in [3.05, 3.63) is 59.2 Å². The molecule has 1 fully saturated rings. The molecule has 0 bridgehead atoms. The van der Waals surface area contributed by atoms with Gasteiger partial charge in [-0.05, 0) is 44.3 Å². The Morgan fingerprint density at radius 2 is 2.19 bits per heavy atom. The molecule has 0 radical (unpaired) electrons. The zero-order valence-electron chi connectivity index (χ0n) is 15.2. The van der Waals surface area contributed by atoms with Crippen LogP contribution in [0, 0.1) is 17.1 Å². The van der Waals surface area contributed by atoms with Gasteiger partial charge >= 0.3 is 0 Å². The molecule has 1 aliphatic rings. The van der Waals surface area contributed by atoms with E-state index < -0.39 is 0 Å². The van der Waals surface area contributed by atoms with E-state index in [-0.39, 0.29) is 11.9 Å². The molecule has 0 saturated carbocycles. The molecule has 1 unspecified atom stereocenters. The minimum Gasteiger partial charge on any atom is -0.489 e. The number of benzene rings is 1. The van der Waals surface area contributed by atoms with Gasteiger partial charge in [0.1, 0.15) is 17.7 Å². The van der Waals surface area contributed by atoms with Crippen molar-refractivity contribution in [3.63, 3.8) is 0 Å². The molecule has 1 saturated heterocycles. The molecule has 1 atom stereocenters. The van der Waals surface area contributed by atoms with Gasteiger partial charge in [0.15, 0.2) is 0 Å². The summed E-state index contributed by atoms with van der Waals surface area (Å²) < 4.78 is 19.4. The van der Waals surface area contributed by atoms with Crippen LogP contribution in [0.25, 0.3) is 0 Å². The smallest absolute Gasteiger partial charge is 0.124 e. The minimum absolute atomic E-state index is 0.107. The lowest BCUT2D eigenvalue weighted by Crippen LogP contribution is -2.25. The number of likely N-dealkylation sites (tertiary alicyclic amines) is 1. The van der Waals surface area contributed by atoms with Crippen molar-refractivity contribution in [1.82, 2.24) is 14.8 Å². The summed E-state index contributed by atoms with van der Waals surface area (Å²) in [5, 5.41) is 9.18. The second-order valence-electron chi connectivity index (χ2n) is 6.90. The van der Waals surface area contributed by atoms with Crippen molar-refractivity contribution in [2.45, 2.75) is 25.6 Å². The Labute approximate surface area is 153 Å². The molecule has 2 aromatic rings. The lowest BCUT2D eigenvalue weighted by molar-refractivity contribution is 0.198. The quantitative estimate of drug-likeness (QED) is 0.798. The third kappa shape index (κ3) is 4.78. The molecule has 2 heterocycles. The molecule has 0 amide bonds. The Morgan fingerprint density at radius 3 is 2.96 bits per heavy atom. The van der Waals surface area contributed by atoms with Crippen molar-refractivity contribution in [2.75, 3.05) is 27.2 Å². The fourth-order valence-corrected chi connectivity index (χ4v) is 3.20. The summed E-state index contributed by atoms with van der Waals surface area (Å²) in [5.74, 6) is 0.461. The highest BCUT2D eigenvalue weighted by atomic mass is 19.1. The largest absolute Gasteiger partial charge is 0.489 e. The molecule has 5 nitrogen and oxygen atoms in total. The van der Waals surface area contributed by atoms with Crippen LogP contribution in [0.4, 0.5) is 4.39 Å². The summed E-state index contributed by atoms with van der Waals surface area (Å²) >= 11 is 0. The first-order chi connectivity index (χ1) is 12.5. The first-order valence-electron chi connectivity index (χ1n) is 8.70. The molecule has 3 rings (SSSR count). The number of hydrogen-bond acceptors (Lipinski definition) is 5. The highest BCUT2D eigenvalue weighted by Gasteiger charge is 2.24. The second-order valence-corrected chi connectivity index (χ2v) is 6.90. The highest BCUT2D eigenvalue weighted by molar-refractivity contribution is 5.38. The Morgan fingerprint density at radius 1 is 1.35 bits per heavy atom. The van der Waals surface area contributed by atoms with Crippen LogP contribution in [-0.2, 0) is 13.1 Å². The number of hydrogen-bond donors (Lipinski definition) is 0. The average Bonchev–Trinajstić information content (AvgIpc) is 3.03. The SMILES string of the molecule is CN(C)Cc1cc(OC2CCN(Cc3ccc(F)cc3C#N)C2)ccn1. The fourth-order valence-electron chi connectivity index (χ4n) is 3.20. The summed E-state index contributed by atoms with van der Waals surface area (Å²) in [6, 6.07) is 10.3. The first-order valence-corrected chi connectivity index (χ1v) is 8.70. The van der Waals surface area contributed by atoms with Gasteiger partial charge in [-0.2, -0.15) is 5.26 Å². The summed E-state index contributed by atoms with van der Waals surface area (Å²) in [7, 11) is 4.02. The maximum atomic E-state index is 13.3. The topological polar surface area (TPSA) is 52.4 Å². The Bertz CT molecular complexity index is 803. The summed E-state index contributed by atoms with van der Waals surface area (Å²) in [5.41, 5.74) is 2.23. The standard InChI is InChI=1S/C20H23FN4O/c1-24(2)13-18-10-19(5-7-23-18)26-20-6-8-25(14-20)12-15-3-4-17(21)9-16(15)11-22/h3-5,7,9-10,20H,6,8,12-14H2,1-2H3. The van der Waals surface area contributed by atoms with Gasteiger partial charge in [-0.1, -0.05) is 6.07 Å². The van der Waals surface area contributed by atoms with Gasteiger partial charge in [-0.25, -0.2) is 4.39 Å². The van der Waals surface area contributed by atoms with Gasteiger partial charge in [0.25, 0.3) is 0 Å². The molecule has 0 aliphatic carbocycles. The molecule has 1 aromatic carbocycles. The summed E-state index contributed by atoms with van der Waals surface area (Å²) in [6.07, 6.45) is 2.81. The van der Waals surface area contributed by atoms with Gasteiger partial charge in [-0.15, -0.1) is 0 Å². The minimum atomic E-state index is -0.376. The number of aromatic nitrogens is 1. The third-order valence-electron chi connectivity index (χ3n) is 4.38. The van der Waals surface area contributed by atoms with Gasteiger partial charge in [0, 0.05) is 38.4 Å². The van der Waals surface area contributed by atoms with Gasteiger partial charge < -0.3 is 9.64 Å². The predicted molar refractivity (Wildman–Crippen MR) is 97.1 cm³/mol. The van der Waals surface area contributed by atoms with E-state index in [0.29, 0.717) is 12.1 Å². The molecule has 136 valence electrons. The van der Waals surface area contributed by atoms with E-state index in [0.717, 1.165) is 43.1 Å². The Kier molecular flexibility index (Phi) is 5.82. The van der Waals surface area contributed by atoms with Crippen molar-refractivity contribution in [2.24, 2.45) is 0 Å². The van der Waals surface area contributed by atoms with Gasteiger partial charge in [0.2, 0.25) is 0 Å². The van der Waals surface area contributed by atoms with Gasteiger partial charge in [0.05, 0.1) is 17.3 Å². The van der Waals surface area contributed by atoms with Crippen LogP contribution in [0.2, 0.25) is 0 Å². The zero-order chi connectivity index (χ0) is 18.5. The highest BCUT2D eigenvalue weighted by Crippen LogP contribution is 2.21. The van der Waals surface area contributed by atoms with Crippen LogP contribution in [0.1, 0.15) is 23.2 Å². The van der Waals surface area contributed by atoms with E-state index in [9.17, 15) is 9.65 Å². The monoisotopic (exact) mass is 354 g/mol.